The molecule has 1 aromatic heterocycles. The first-order chi connectivity index (χ1) is 7.65. The van der Waals surface area contributed by atoms with Crippen molar-refractivity contribution in [2.45, 2.75) is 0 Å². The molecule has 0 unspecified atom stereocenters. The third kappa shape index (κ3) is 2.46. The van der Waals surface area contributed by atoms with Gasteiger partial charge in [-0.3, -0.25) is 0 Å². The van der Waals surface area contributed by atoms with E-state index in [1.807, 2.05) is 0 Å². The van der Waals surface area contributed by atoms with Crippen LogP contribution in [0.1, 0.15) is 0 Å². The molecule has 1 heterocycles. The minimum absolute atomic E-state index is 0.169. The normalized spacial score (nSPS) is 10.1. The lowest BCUT2D eigenvalue weighted by atomic mass is 10.3. The van der Waals surface area contributed by atoms with Gasteiger partial charge in [0.05, 0.1) is 4.47 Å². The predicted molar refractivity (Wildman–Crippen MR) is 63.8 cm³/mol. The van der Waals surface area contributed by atoms with E-state index in [0.717, 1.165) is 0 Å². The van der Waals surface area contributed by atoms with Crippen molar-refractivity contribution in [2.75, 3.05) is 11.1 Å². The molecule has 82 valence electrons. The van der Waals surface area contributed by atoms with E-state index in [9.17, 15) is 4.39 Å². The van der Waals surface area contributed by atoms with Crippen LogP contribution in [0.25, 0.3) is 0 Å². The Bertz CT molecular complexity index is 518. The van der Waals surface area contributed by atoms with Crippen LogP contribution in [0.15, 0.2) is 34.9 Å². The lowest BCUT2D eigenvalue weighted by Gasteiger charge is -2.06. The minimum atomic E-state index is -0.341. The van der Waals surface area contributed by atoms with Gasteiger partial charge in [0.1, 0.15) is 11.6 Å². The Labute approximate surface area is 99.9 Å². The molecule has 0 aliphatic heterocycles. The number of nitrogens with one attached hydrogen (secondary N) is 1. The summed E-state index contributed by atoms with van der Waals surface area (Å²) in [6, 6.07) is 6.35. The van der Waals surface area contributed by atoms with E-state index in [1.165, 1.54) is 12.3 Å². The van der Waals surface area contributed by atoms with Crippen molar-refractivity contribution in [3.8, 4) is 0 Å². The minimum Gasteiger partial charge on any atom is -0.368 e. The molecule has 1 aromatic carbocycles. The molecule has 0 saturated heterocycles. The maximum Gasteiger partial charge on any atom is 0.221 e. The van der Waals surface area contributed by atoms with Gasteiger partial charge in [-0.25, -0.2) is 9.37 Å². The lowest BCUT2D eigenvalue weighted by Crippen LogP contribution is -1.99. The Balaban J connectivity index is 2.24. The Kier molecular flexibility index (Phi) is 3.00. The maximum atomic E-state index is 13.2. The number of hydrogen-bond donors (Lipinski definition) is 2. The highest BCUT2D eigenvalue weighted by atomic mass is 79.9. The highest BCUT2D eigenvalue weighted by Gasteiger charge is 2.01. The monoisotopic (exact) mass is 282 g/mol. The Morgan fingerprint density at radius 2 is 2.12 bits per heavy atom. The maximum absolute atomic E-state index is 13.2. The SMILES string of the molecule is Nc1nccc(Nc2ccc(Br)c(F)c2)n1. The van der Waals surface area contributed by atoms with Crippen LogP contribution in [0.4, 0.5) is 21.8 Å². The van der Waals surface area contributed by atoms with E-state index in [0.29, 0.717) is 16.0 Å². The summed E-state index contributed by atoms with van der Waals surface area (Å²) in [7, 11) is 0. The number of nitrogens with two attached hydrogens (primary N) is 1. The molecule has 0 aliphatic carbocycles. The zero-order valence-corrected chi connectivity index (χ0v) is 9.70. The summed E-state index contributed by atoms with van der Waals surface area (Å²) in [4.78, 5) is 7.70. The van der Waals surface area contributed by atoms with E-state index < -0.39 is 0 Å². The summed E-state index contributed by atoms with van der Waals surface area (Å²) in [5.74, 6) is 0.351. The van der Waals surface area contributed by atoms with Gasteiger partial charge >= 0.3 is 0 Å². The van der Waals surface area contributed by atoms with Crippen LogP contribution in [-0.4, -0.2) is 9.97 Å². The molecule has 2 aromatic rings. The van der Waals surface area contributed by atoms with Crippen molar-refractivity contribution in [1.29, 1.82) is 0 Å². The average Bonchev–Trinajstić information content (AvgIpc) is 2.24. The highest BCUT2D eigenvalue weighted by Crippen LogP contribution is 2.21. The fourth-order valence-corrected chi connectivity index (χ4v) is 1.41. The van der Waals surface area contributed by atoms with Crippen LogP contribution >= 0.6 is 15.9 Å². The molecule has 2 rings (SSSR count). The van der Waals surface area contributed by atoms with E-state index >= 15 is 0 Å². The average molecular weight is 283 g/mol. The van der Waals surface area contributed by atoms with Gasteiger partial charge in [-0.15, -0.1) is 0 Å². The predicted octanol–water partition coefficient (Wildman–Crippen LogP) is 2.70. The number of halogens is 2. The van der Waals surface area contributed by atoms with Gasteiger partial charge in [-0.1, -0.05) is 0 Å². The summed E-state index contributed by atoms with van der Waals surface area (Å²) in [5, 5.41) is 2.92. The number of nitrogen functional groups attached to an aromatic ring is 1. The second-order valence-electron chi connectivity index (χ2n) is 3.05. The molecule has 16 heavy (non-hydrogen) atoms. The first-order valence-electron chi connectivity index (χ1n) is 4.46. The number of rotatable bonds is 2. The molecule has 6 heteroatoms. The van der Waals surface area contributed by atoms with Crippen LogP contribution in [0, 0.1) is 5.82 Å². The second-order valence-corrected chi connectivity index (χ2v) is 3.91. The molecular formula is C10H8BrFN4. The van der Waals surface area contributed by atoms with E-state index in [2.05, 4.69) is 31.2 Å². The van der Waals surface area contributed by atoms with E-state index in [1.54, 1.807) is 18.2 Å². The first kappa shape index (κ1) is 10.8. The number of benzene rings is 1. The molecule has 0 saturated carbocycles. The van der Waals surface area contributed by atoms with E-state index in [4.69, 9.17) is 5.73 Å². The van der Waals surface area contributed by atoms with Crippen molar-refractivity contribution >= 4 is 33.4 Å². The van der Waals surface area contributed by atoms with Crippen molar-refractivity contribution < 1.29 is 4.39 Å². The largest absolute Gasteiger partial charge is 0.368 e. The zero-order chi connectivity index (χ0) is 11.5. The van der Waals surface area contributed by atoms with Crippen molar-refractivity contribution in [2.24, 2.45) is 0 Å². The number of nitrogens with zero attached hydrogens (tertiary/aromatic N) is 2. The van der Waals surface area contributed by atoms with Crippen molar-refractivity contribution in [3.63, 3.8) is 0 Å². The smallest absolute Gasteiger partial charge is 0.221 e. The Morgan fingerprint density at radius 3 is 2.81 bits per heavy atom. The molecule has 3 N–H and O–H groups in total. The second kappa shape index (κ2) is 4.44. The van der Waals surface area contributed by atoms with Gasteiger partial charge in [0.2, 0.25) is 5.95 Å². The number of aromatic nitrogens is 2. The van der Waals surface area contributed by atoms with Gasteiger partial charge in [-0.05, 0) is 40.2 Å². The molecule has 0 fully saturated rings. The van der Waals surface area contributed by atoms with Crippen LogP contribution in [-0.2, 0) is 0 Å². The Hall–Kier alpha value is -1.69. The van der Waals surface area contributed by atoms with Crippen LogP contribution in [0.3, 0.4) is 0 Å². The fourth-order valence-electron chi connectivity index (χ4n) is 1.17. The van der Waals surface area contributed by atoms with Gasteiger partial charge in [0.15, 0.2) is 0 Å². The van der Waals surface area contributed by atoms with Crippen LogP contribution in [0.2, 0.25) is 0 Å². The highest BCUT2D eigenvalue weighted by molar-refractivity contribution is 9.10. The summed E-state index contributed by atoms with van der Waals surface area (Å²) in [6.45, 7) is 0. The molecule has 0 bridgehead atoms. The van der Waals surface area contributed by atoms with Gasteiger partial charge in [0, 0.05) is 11.9 Å². The summed E-state index contributed by atoms with van der Waals surface area (Å²) >= 11 is 3.08. The molecule has 4 nitrogen and oxygen atoms in total. The third-order valence-corrected chi connectivity index (χ3v) is 2.51. The topological polar surface area (TPSA) is 63.8 Å². The Morgan fingerprint density at radius 1 is 1.31 bits per heavy atom. The van der Waals surface area contributed by atoms with E-state index in [-0.39, 0.29) is 11.8 Å². The molecular weight excluding hydrogens is 275 g/mol. The summed E-state index contributed by atoms with van der Waals surface area (Å²) < 4.78 is 13.6. The first-order valence-corrected chi connectivity index (χ1v) is 5.25. The zero-order valence-electron chi connectivity index (χ0n) is 8.11. The molecule has 0 spiro atoms. The number of hydrogen-bond acceptors (Lipinski definition) is 4. The molecule has 0 amide bonds. The van der Waals surface area contributed by atoms with Crippen molar-refractivity contribution in [1.82, 2.24) is 9.97 Å². The summed E-state index contributed by atoms with van der Waals surface area (Å²) in [6.07, 6.45) is 1.53. The van der Waals surface area contributed by atoms with Gasteiger partial charge < -0.3 is 11.1 Å². The standard InChI is InChI=1S/C10H8BrFN4/c11-7-2-1-6(5-8(7)12)15-9-3-4-14-10(13)16-9/h1-5H,(H3,13,14,15,16). The fraction of sp³-hybridized carbons (Fsp3) is 0. The third-order valence-electron chi connectivity index (χ3n) is 1.87. The molecule has 0 aliphatic rings. The molecule has 0 atom stereocenters. The lowest BCUT2D eigenvalue weighted by molar-refractivity contribution is 0.622. The quantitative estimate of drug-likeness (QED) is 0.889. The van der Waals surface area contributed by atoms with Gasteiger partial charge in [0.25, 0.3) is 0 Å². The van der Waals surface area contributed by atoms with Crippen LogP contribution < -0.4 is 11.1 Å². The van der Waals surface area contributed by atoms with Crippen molar-refractivity contribution in [3.05, 3.63) is 40.8 Å². The molecule has 0 radical (unpaired) electrons. The summed E-state index contributed by atoms with van der Waals surface area (Å²) in [5.41, 5.74) is 6.02. The van der Waals surface area contributed by atoms with Gasteiger partial charge in [-0.2, -0.15) is 4.98 Å². The van der Waals surface area contributed by atoms with Crippen LogP contribution in [0.5, 0.6) is 0 Å². The number of anilines is 3.